The monoisotopic (exact) mass is 347 g/mol. The third kappa shape index (κ3) is 2.68. The average molecular weight is 348 g/mol. The van der Waals surface area contributed by atoms with Crippen molar-refractivity contribution in [2.45, 2.75) is 0 Å². The fourth-order valence-corrected chi connectivity index (χ4v) is 2.24. The van der Waals surface area contributed by atoms with Gasteiger partial charge in [-0.1, -0.05) is 18.2 Å². The maximum Gasteiger partial charge on any atom is 0.305 e. The molecule has 2 amide bonds. The highest BCUT2D eigenvalue weighted by atomic mass is 79.9. The Labute approximate surface area is 127 Å². The van der Waals surface area contributed by atoms with Gasteiger partial charge in [-0.25, -0.2) is 0 Å². The lowest BCUT2D eigenvalue weighted by atomic mass is 10.2. The number of carbonyl (C=O) groups is 2. The quantitative estimate of drug-likeness (QED) is 0.622. The Morgan fingerprint density at radius 2 is 1.81 bits per heavy atom. The minimum absolute atomic E-state index is 0.0982. The van der Waals surface area contributed by atoms with Crippen molar-refractivity contribution in [3.8, 4) is 0 Å². The number of rotatable bonds is 2. The Bertz CT molecular complexity index is 822. The molecule has 0 aliphatic heterocycles. The van der Waals surface area contributed by atoms with Crippen molar-refractivity contribution in [1.29, 1.82) is 0 Å². The van der Waals surface area contributed by atoms with Crippen LogP contribution in [0, 0.1) is 0 Å². The predicted molar refractivity (Wildman–Crippen MR) is 79.6 cm³/mol. The molecule has 21 heavy (non-hydrogen) atoms. The van der Waals surface area contributed by atoms with Gasteiger partial charge in [0.2, 0.25) is 0 Å². The minimum Gasteiger partial charge on any atom is -0.444 e. The fourth-order valence-electron chi connectivity index (χ4n) is 1.94. The van der Waals surface area contributed by atoms with Crippen LogP contribution in [0.15, 0.2) is 51.7 Å². The lowest BCUT2D eigenvalue weighted by Crippen LogP contribution is -2.41. The number of fused-ring (bicyclic) bond motifs is 1. The van der Waals surface area contributed by atoms with Gasteiger partial charge < -0.3 is 9.40 Å². The number of para-hydroxylation sites is 1. The largest absolute Gasteiger partial charge is 0.444 e. The van der Waals surface area contributed by atoms with E-state index in [0.29, 0.717) is 10.2 Å². The van der Waals surface area contributed by atoms with E-state index in [1.54, 1.807) is 12.3 Å². The van der Waals surface area contributed by atoms with Gasteiger partial charge in [-0.15, -0.1) is 0 Å². The summed E-state index contributed by atoms with van der Waals surface area (Å²) < 4.78 is 5.53. The number of carbonyl (C=O) groups excluding carboxylic acids is 2. The molecule has 6 nitrogen and oxygen atoms in total. The van der Waals surface area contributed by atoms with Gasteiger partial charge in [0, 0.05) is 17.1 Å². The molecule has 2 heterocycles. The number of H-pyrrole nitrogens is 1. The van der Waals surface area contributed by atoms with Gasteiger partial charge in [-0.2, -0.15) is 0 Å². The predicted octanol–water partition coefficient (Wildman–Crippen LogP) is 2.60. The van der Waals surface area contributed by atoms with Gasteiger partial charge in [0.15, 0.2) is 10.4 Å². The first-order chi connectivity index (χ1) is 10.1. The number of hydrogen-bond donors (Lipinski definition) is 3. The van der Waals surface area contributed by atoms with Gasteiger partial charge in [0.05, 0.1) is 5.56 Å². The van der Waals surface area contributed by atoms with E-state index in [2.05, 4.69) is 31.8 Å². The van der Waals surface area contributed by atoms with E-state index < -0.39 is 11.8 Å². The summed E-state index contributed by atoms with van der Waals surface area (Å²) in [5.74, 6) is -0.846. The maximum atomic E-state index is 12.1. The minimum atomic E-state index is -0.533. The molecule has 106 valence electrons. The summed E-state index contributed by atoms with van der Waals surface area (Å²) in [5.41, 5.74) is 5.95. The first-order valence-corrected chi connectivity index (χ1v) is 6.86. The number of hydrogen-bond acceptors (Lipinski definition) is 3. The van der Waals surface area contributed by atoms with Crippen LogP contribution >= 0.6 is 15.9 Å². The highest BCUT2D eigenvalue weighted by Gasteiger charge is 2.14. The first kappa shape index (κ1) is 13.4. The third-order valence-corrected chi connectivity index (χ3v) is 3.35. The SMILES string of the molecule is O=C(NNC(=O)c1c[nH]c2ccccc12)c1ccc(Br)o1. The number of aromatic nitrogens is 1. The van der Waals surface area contributed by atoms with Crippen LogP contribution in [0.3, 0.4) is 0 Å². The zero-order valence-corrected chi connectivity index (χ0v) is 12.2. The highest BCUT2D eigenvalue weighted by molar-refractivity contribution is 9.10. The van der Waals surface area contributed by atoms with Gasteiger partial charge in [-0.3, -0.25) is 20.4 Å². The molecule has 0 aliphatic rings. The van der Waals surface area contributed by atoms with Crippen LogP contribution in [0.5, 0.6) is 0 Å². The zero-order valence-electron chi connectivity index (χ0n) is 10.6. The van der Waals surface area contributed by atoms with Gasteiger partial charge in [0.25, 0.3) is 5.91 Å². The number of nitrogens with one attached hydrogen (secondary N) is 3. The van der Waals surface area contributed by atoms with E-state index in [-0.39, 0.29) is 5.76 Å². The van der Waals surface area contributed by atoms with E-state index in [1.165, 1.54) is 6.07 Å². The number of benzene rings is 1. The Hall–Kier alpha value is -2.54. The summed E-state index contributed by atoms with van der Waals surface area (Å²) in [6, 6.07) is 10.5. The number of furan rings is 1. The molecule has 0 atom stereocenters. The Morgan fingerprint density at radius 3 is 2.57 bits per heavy atom. The second kappa shape index (κ2) is 5.45. The molecule has 0 spiro atoms. The van der Waals surface area contributed by atoms with Crippen molar-refractivity contribution < 1.29 is 14.0 Å². The van der Waals surface area contributed by atoms with Crippen molar-refractivity contribution in [1.82, 2.24) is 15.8 Å². The van der Waals surface area contributed by atoms with Crippen LogP contribution in [-0.2, 0) is 0 Å². The smallest absolute Gasteiger partial charge is 0.305 e. The number of aromatic amines is 1. The fraction of sp³-hybridized carbons (Fsp3) is 0. The summed E-state index contributed by atoms with van der Waals surface area (Å²) in [6.45, 7) is 0. The van der Waals surface area contributed by atoms with Crippen LogP contribution in [0.25, 0.3) is 10.9 Å². The average Bonchev–Trinajstić information content (AvgIpc) is 3.10. The van der Waals surface area contributed by atoms with Crippen molar-refractivity contribution in [3.05, 3.63) is 58.6 Å². The lowest BCUT2D eigenvalue weighted by molar-refractivity contribution is 0.0831. The number of hydrazine groups is 1. The molecule has 2 aromatic heterocycles. The van der Waals surface area contributed by atoms with E-state index in [9.17, 15) is 9.59 Å². The van der Waals surface area contributed by atoms with E-state index >= 15 is 0 Å². The molecule has 0 radical (unpaired) electrons. The van der Waals surface area contributed by atoms with Crippen molar-refractivity contribution >= 4 is 38.6 Å². The zero-order chi connectivity index (χ0) is 14.8. The molecule has 1 aromatic carbocycles. The van der Waals surface area contributed by atoms with Crippen molar-refractivity contribution in [2.75, 3.05) is 0 Å². The molecule has 3 rings (SSSR count). The van der Waals surface area contributed by atoms with Crippen LogP contribution in [-0.4, -0.2) is 16.8 Å². The second-order valence-electron chi connectivity index (χ2n) is 4.26. The third-order valence-electron chi connectivity index (χ3n) is 2.92. The summed E-state index contributed by atoms with van der Waals surface area (Å²) in [6.07, 6.45) is 1.59. The molecule has 0 saturated heterocycles. The lowest BCUT2D eigenvalue weighted by Gasteiger charge is -2.04. The molecule has 0 saturated carbocycles. The Morgan fingerprint density at radius 1 is 1.05 bits per heavy atom. The van der Waals surface area contributed by atoms with Crippen LogP contribution in [0.1, 0.15) is 20.9 Å². The molecule has 0 aliphatic carbocycles. The normalized spacial score (nSPS) is 10.5. The summed E-state index contributed by atoms with van der Waals surface area (Å²) >= 11 is 3.10. The Balaban J connectivity index is 1.71. The van der Waals surface area contributed by atoms with Crippen molar-refractivity contribution in [2.24, 2.45) is 0 Å². The Kier molecular flexibility index (Phi) is 3.49. The van der Waals surface area contributed by atoms with E-state index in [1.807, 2.05) is 24.3 Å². The summed E-state index contributed by atoms with van der Waals surface area (Å²) in [7, 11) is 0. The molecular weight excluding hydrogens is 338 g/mol. The number of amides is 2. The molecule has 0 bridgehead atoms. The van der Waals surface area contributed by atoms with E-state index in [0.717, 1.165) is 10.9 Å². The van der Waals surface area contributed by atoms with Crippen molar-refractivity contribution in [3.63, 3.8) is 0 Å². The summed E-state index contributed by atoms with van der Waals surface area (Å²) in [5, 5.41) is 0.782. The molecule has 7 heteroatoms. The van der Waals surface area contributed by atoms with Crippen LogP contribution in [0.4, 0.5) is 0 Å². The molecule has 3 aromatic rings. The van der Waals surface area contributed by atoms with Crippen LogP contribution in [0.2, 0.25) is 0 Å². The summed E-state index contributed by atoms with van der Waals surface area (Å²) in [4.78, 5) is 26.8. The maximum absolute atomic E-state index is 12.1. The van der Waals surface area contributed by atoms with Gasteiger partial charge in [0.1, 0.15) is 0 Å². The number of halogens is 1. The van der Waals surface area contributed by atoms with Crippen LogP contribution < -0.4 is 10.9 Å². The first-order valence-electron chi connectivity index (χ1n) is 6.07. The van der Waals surface area contributed by atoms with Gasteiger partial charge in [-0.05, 0) is 34.1 Å². The van der Waals surface area contributed by atoms with E-state index in [4.69, 9.17) is 4.42 Å². The second-order valence-corrected chi connectivity index (χ2v) is 5.04. The molecule has 0 fully saturated rings. The standard InChI is InChI=1S/C14H10BrN3O3/c15-12-6-5-11(21-12)14(20)18-17-13(19)9-7-16-10-4-2-1-3-8(9)10/h1-7,16H,(H,17,19)(H,18,20). The molecule has 3 N–H and O–H groups in total. The van der Waals surface area contributed by atoms with Gasteiger partial charge >= 0.3 is 5.91 Å². The molecular formula is C14H10BrN3O3. The molecule has 0 unspecified atom stereocenters. The highest BCUT2D eigenvalue weighted by Crippen LogP contribution is 2.17. The topological polar surface area (TPSA) is 87.1 Å².